The van der Waals surface area contributed by atoms with Crippen LogP contribution in [0, 0.1) is 11.8 Å². The molecular formula is C18H28N2O4. The van der Waals surface area contributed by atoms with E-state index in [0.29, 0.717) is 18.4 Å². The Bertz CT molecular complexity index is 515. The second-order valence-electron chi connectivity index (χ2n) is 8.23. The van der Waals surface area contributed by atoms with Crippen LogP contribution in [0.1, 0.15) is 51.4 Å². The average Bonchev–Trinajstić information content (AvgIpc) is 3.27. The van der Waals surface area contributed by atoms with Crippen molar-refractivity contribution in [2.45, 2.75) is 69.2 Å². The summed E-state index contributed by atoms with van der Waals surface area (Å²) in [4.78, 5) is 26.5. The predicted molar refractivity (Wildman–Crippen MR) is 87.1 cm³/mol. The van der Waals surface area contributed by atoms with Gasteiger partial charge in [0.2, 0.25) is 11.8 Å². The molecule has 0 bridgehead atoms. The molecule has 6 heteroatoms. The number of fused-ring (bicyclic) bond motifs is 1. The zero-order valence-electron chi connectivity index (χ0n) is 14.2. The average molecular weight is 336 g/mol. The molecule has 4 rings (SSSR count). The van der Waals surface area contributed by atoms with Crippen LogP contribution in [-0.2, 0) is 14.3 Å². The standard InChI is InChI=1S/C18H28N2O4/c21-16(9-18(23)5-1-6-18)20-7-4-13-8-14(24-15(13)11-20)17(22)19-10-12-2-3-12/h12-15,23H,1-11H2,(H,19,22)/t13-,14?,15-/m0/s1. The van der Waals surface area contributed by atoms with Gasteiger partial charge in [-0.05, 0) is 56.8 Å². The first kappa shape index (κ1) is 16.3. The lowest BCUT2D eigenvalue weighted by Crippen LogP contribution is -2.49. The highest BCUT2D eigenvalue weighted by atomic mass is 16.5. The molecule has 2 amide bonds. The molecule has 0 aromatic carbocycles. The van der Waals surface area contributed by atoms with Gasteiger partial charge in [0.1, 0.15) is 6.10 Å². The molecular weight excluding hydrogens is 308 g/mol. The molecule has 2 N–H and O–H groups in total. The van der Waals surface area contributed by atoms with E-state index in [1.807, 2.05) is 4.90 Å². The number of rotatable bonds is 5. The van der Waals surface area contributed by atoms with Crippen molar-refractivity contribution in [1.29, 1.82) is 0 Å². The summed E-state index contributed by atoms with van der Waals surface area (Å²) < 4.78 is 5.96. The Morgan fingerprint density at radius 1 is 1.25 bits per heavy atom. The Hall–Kier alpha value is -1.14. The van der Waals surface area contributed by atoms with Crippen LogP contribution in [0.4, 0.5) is 0 Å². The molecule has 2 aliphatic carbocycles. The zero-order chi connectivity index (χ0) is 16.7. The van der Waals surface area contributed by atoms with Crippen LogP contribution in [0.25, 0.3) is 0 Å². The first-order valence-corrected chi connectivity index (χ1v) is 9.46. The SMILES string of the molecule is O=C(NCC1CC1)C1C[C@@H]2CCN(C(=O)CC3(O)CCC3)C[C@@H]2O1. The summed E-state index contributed by atoms with van der Waals surface area (Å²) in [6, 6.07) is 0. The number of ether oxygens (including phenoxy) is 1. The monoisotopic (exact) mass is 336 g/mol. The molecule has 2 aliphatic heterocycles. The number of hydrogen-bond donors (Lipinski definition) is 2. The molecule has 4 fully saturated rings. The lowest BCUT2D eigenvalue weighted by Gasteiger charge is -2.39. The maximum absolute atomic E-state index is 12.4. The van der Waals surface area contributed by atoms with E-state index in [0.717, 1.165) is 45.2 Å². The van der Waals surface area contributed by atoms with Gasteiger partial charge < -0.3 is 20.1 Å². The summed E-state index contributed by atoms with van der Waals surface area (Å²) >= 11 is 0. The minimum absolute atomic E-state index is 0.0120. The van der Waals surface area contributed by atoms with Gasteiger partial charge in [-0.25, -0.2) is 0 Å². The topological polar surface area (TPSA) is 78.9 Å². The van der Waals surface area contributed by atoms with Crippen LogP contribution in [0.5, 0.6) is 0 Å². The maximum atomic E-state index is 12.4. The van der Waals surface area contributed by atoms with Crippen molar-refractivity contribution in [2.75, 3.05) is 19.6 Å². The van der Waals surface area contributed by atoms with E-state index in [2.05, 4.69) is 5.32 Å². The third kappa shape index (κ3) is 3.45. The lowest BCUT2D eigenvalue weighted by atomic mass is 9.77. The molecule has 24 heavy (non-hydrogen) atoms. The fourth-order valence-corrected chi connectivity index (χ4v) is 4.16. The second kappa shape index (κ2) is 6.30. The number of amides is 2. The summed E-state index contributed by atoms with van der Waals surface area (Å²) in [6.45, 7) is 2.05. The normalized spacial score (nSPS) is 34.4. The number of carbonyl (C=O) groups is 2. The number of nitrogens with zero attached hydrogens (tertiary/aromatic N) is 1. The van der Waals surface area contributed by atoms with Gasteiger partial charge in [-0.2, -0.15) is 0 Å². The fraction of sp³-hybridized carbons (Fsp3) is 0.889. The third-order valence-electron chi connectivity index (χ3n) is 6.22. The molecule has 1 unspecified atom stereocenters. The van der Waals surface area contributed by atoms with E-state index in [9.17, 15) is 14.7 Å². The summed E-state index contributed by atoms with van der Waals surface area (Å²) in [5, 5.41) is 13.2. The van der Waals surface area contributed by atoms with Crippen LogP contribution < -0.4 is 5.32 Å². The highest BCUT2D eigenvalue weighted by Gasteiger charge is 2.44. The first-order valence-electron chi connectivity index (χ1n) is 9.46. The molecule has 3 atom stereocenters. The Morgan fingerprint density at radius 3 is 2.71 bits per heavy atom. The Kier molecular flexibility index (Phi) is 4.29. The van der Waals surface area contributed by atoms with Crippen LogP contribution >= 0.6 is 0 Å². The summed E-state index contributed by atoms with van der Waals surface area (Å²) in [5.74, 6) is 1.08. The minimum atomic E-state index is -0.768. The second-order valence-corrected chi connectivity index (χ2v) is 8.23. The Morgan fingerprint density at radius 2 is 2.04 bits per heavy atom. The zero-order valence-corrected chi connectivity index (χ0v) is 14.2. The van der Waals surface area contributed by atoms with Crippen molar-refractivity contribution in [3.8, 4) is 0 Å². The molecule has 2 saturated heterocycles. The maximum Gasteiger partial charge on any atom is 0.249 e. The number of piperidine rings is 1. The Labute approximate surface area is 142 Å². The molecule has 4 aliphatic rings. The minimum Gasteiger partial charge on any atom is -0.389 e. The summed E-state index contributed by atoms with van der Waals surface area (Å²) in [6.07, 6.45) is 6.43. The van der Waals surface area contributed by atoms with Crippen molar-refractivity contribution in [3.63, 3.8) is 0 Å². The molecule has 0 aromatic rings. The molecule has 6 nitrogen and oxygen atoms in total. The van der Waals surface area contributed by atoms with Gasteiger partial charge in [0.05, 0.1) is 18.1 Å². The number of nitrogens with one attached hydrogen (secondary N) is 1. The molecule has 2 heterocycles. The van der Waals surface area contributed by atoms with Gasteiger partial charge >= 0.3 is 0 Å². The van der Waals surface area contributed by atoms with E-state index in [1.165, 1.54) is 12.8 Å². The van der Waals surface area contributed by atoms with E-state index in [1.54, 1.807) is 0 Å². The van der Waals surface area contributed by atoms with Crippen molar-refractivity contribution < 1.29 is 19.4 Å². The summed E-state index contributed by atoms with van der Waals surface area (Å²) in [5.41, 5.74) is -0.768. The van der Waals surface area contributed by atoms with Crippen molar-refractivity contribution in [3.05, 3.63) is 0 Å². The van der Waals surface area contributed by atoms with Crippen LogP contribution in [0.2, 0.25) is 0 Å². The fourth-order valence-electron chi connectivity index (χ4n) is 4.16. The highest BCUT2D eigenvalue weighted by Crippen LogP contribution is 2.37. The van der Waals surface area contributed by atoms with Gasteiger partial charge in [-0.3, -0.25) is 9.59 Å². The van der Waals surface area contributed by atoms with Gasteiger partial charge in [0.15, 0.2) is 0 Å². The van der Waals surface area contributed by atoms with E-state index < -0.39 is 5.60 Å². The van der Waals surface area contributed by atoms with E-state index in [-0.39, 0.29) is 30.4 Å². The van der Waals surface area contributed by atoms with E-state index in [4.69, 9.17) is 4.74 Å². The van der Waals surface area contributed by atoms with Gasteiger partial charge in [-0.15, -0.1) is 0 Å². The molecule has 134 valence electrons. The predicted octanol–water partition coefficient (Wildman–Crippen LogP) is 0.824. The van der Waals surface area contributed by atoms with Gasteiger partial charge in [0, 0.05) is 19.6 Å². The van der Waals surface area contributed by atoms with E-state index >= 15 is 0 Å². The molecule has 0 radical (unpaired) electrons. The van der Waals surface area contributed by atoms with Crippen molar-refractivity contribution in [1.82, 2.24) is 10.2 Å². The van der Waals surface area contributed by atoms with Crippen molar-refractivity contribution >= 4 is 11.8 Å². The largest absolute Gasteiger partial charge is 0.389 e. The van der Waals surface area contributed by atoms with Crippen LogP contribution in [0.3, 0.4) is 0 Å². The van der Waals surface area contributed by atoms with Gasteiger partial charge in [-0.1, -0.05) is 0 Å². The quantitative estimate of drug-likeness (QED) is 0.779. The van der Waals surface area contributed by atoms with Crippen LogP contribution in [-0.4, -0.2) is 59.3 Å². The number of likely N-dealkylation sites (tertiary alicyclic amines) is 1. The lowest BCUT2D eigenvalue weighted by molar-refractivity contribution is -0.145. The number of hydrogen-bond acceptors (Lipinski definition) is 4. The van der Waals surface area contributed by atoms with Crippen molar-refractivity contribution in [2.24, 2.45) is 11.8 Å². The van der Waals surface area contributed by atoms with Crippen LogP contribution in [0.15, 0.2) is 0 Å². The molecule has 0 aromatic heterocycles. The molecule has 0 spiro atoms. The molecule has 2 saturated carbocycles. The third-order valence-corrected chi connectivity index (χ3v) is 6.22. The smallest absolute Gasteiger partial charge is 0.249 e. The van der Waals surface area contributed by atoms with Gasteiger partial charge in [0.25, 0.3) is 0 Å². The highest BCUT2D eigenvalue weighted by molar-refractivity contribution is 5.81. The summed E-state index contributed by atoms with van der Waals surface area (Å²) in [7, 11) is 0. The number of aliphatic hydroxyl groups is 1. The Balaban J connectivity index is 1.27. The first-order chi connectivity index (χ1) is 11.5. The number of carbonyl (C=O) groups excluding carboxylic acids is 2.